The Kier molecular flexibility index (Phi) is 4.84. The lowest BCUT2D eigenvalue weighted by molar-refractivity contribution is 0.0602. The fourth-order valence-corrected chi connectivity index (χ4v) is 2.60. The van der Waals surface area contributed by atoms with Gasteiger partial charge in [-0.15, -0.1) is 0 Å². The number of amides is 1. The Morgan fingerprint density at radius 3 is 2.42 bits per heavy atom. The first kappa shape index (κ1) is 17.4. The van der Waals surface area contributed by atoms with E-state index in [0.717, 1.165) is 16.9 Å². The van der Waals surface area contributed by atoms with Gasteiger partial charge in [-0.25, -0.2) is 9.48 Å². The zero-order chi connectivity index (χ0) is 18.7. The highest BCUT2D eigenvalue weighted by atomic mass is 16.5. The van der Waals surface area contributed by atoms with Gasteiger partial charge >= 0.3 is 5.97 Å². The standard InChI is InChI=1S/C20H19N3O3/c1-13-8-10-15(11-9-13)23-14(2)12-18(22-23)19(24)21-17-7-5-4-6-16(17)20(25)26-3/h4-12H,1-3H3,(H,21,24). The molecule has 0 radical (unpaired) electrons. The van der Waals surface area contributed by atoms with E-state index in [-0.39, 0.29) is 11.3 Å². The summed E-state index contributed by atoms with van der Waals surface area (Å²) in [5, 5.41) is 7.12. The van der Waals surface area contributed by atoms with E-state index >= 15 is 0 Å². The minimum Gasteiger partial charge on any atom is -0.465 e. The maximum Gasteiger partial charge on any atom is 0.339 e. The van der Waals surface area contributed by atoms with Crippen molar-refractivity contribution in [3.8, 4) is 5.69 Å². The third-order valence-corrected chi connectivity index (χ3v) is 3.98. The summed E-state index contributed by atoms with van der Waals surface area (Å²) >= 11 is 0. The van der Waals surface area contributed by atoms with Crippen molar-refractivity contribution in [3.63, 3.8) is 0 Å². The topological polar surface area (TPSA) is 73.2 Å². The molecular weight excluding hydrogens is 330 g/mol. The summed E-state index contributed by atoms with van der Waals surface area (Å²) in [5.74, 6) is -0.905. The fourth-order valence-electron chi connectivity index (χ4n) is 2.60. The van der Waals surface area contributed by atoms with Gasteiger partial charge in [-0.05, 0) is 44.2 Å². The summed E-state index contributed by atoms with van der Waals surface area (Å²) in [4.78, 5) is 24.4. The van der Waals surface area contributed by atoms with Crippen molar-refractivity contribution in [1.82, 2.24) is 9.78 Å². The average Bonchev–Trinajstić information content (AvgIpc) is 3.04. The molecule has 0 saturated heterocycles. The smallest absolute Gasteiger partial charge is 0.339 e. The van der Waals surface area contributed by atoms with Gasteiger partial charge in [0.25, 0.3) is 5.91 Å². The number of ether oxygens (including phenoxy) is 1. The molecule has 1 heterocycles. The molecule has 0 bridgehead atoms. The van der Waals surface area contributed by atoms with Crippen LogP contribution < -0.4 is 5.32 Å². The van der Waals surface area contributed by atoms with Gasteiger partial charge in [-0.3, -0.25) is 4.79 Å². The molecule has 3 aromatic rings. The Morgan fingerprint density at radius 1 is 1.04 bits per heavy atom. The van der Waals surface area contributed by atoms with E-state index in [0.29, 0.717) is 5.69 Å². The molecule has 0 spiro atoms. The molecule has 6 nitrogen and oxygen atoms in total. The van der Waals surface area contributed by atoms with Crippen LogP contribution in [0.2, 0.25) is 0 Å². The van der Waals surface area contributed by atoms with Crippen LogP contribution >= 0.6 is 0 Å². The lowest BCUT2D eigenvalue weighted by Gasteiger charge is -2.08. The molecule has 26 heavy (non-hydrogen) atoms. The summed E-state index contributed by atoms with van der Waals surface area (Å²) in [7, 11) is 1.30. The predicted molar refractivity (Wildman–Crippen MR) is 98.8 cm³/mol. The summed E-state index contributed by atoms with van der Waals surface area (Å²) in [6.45, 7) is 3.89. The van der Waals surface area contributed by atoms with Crippen LogP contribution in [0, 0.1) is 13.8 Å². The van der Waals surface area contributed by atoms with Crippen LogP contribution in [0.15, 0.2) is 54.6 Å². The number of aryl methyl sites for hydroxylation is 2. The maximum atomic E-state index is 12.6. The van der Waals surface area contributed by atoms with E-state index in [1.54, 1.807) is 35.0 Å². The lowest BCUT2D eigenvalue weighted by Crippen LogP contribution is -2.16. The Balaban J connectivity index is 1.87. The van der Waals surface area contributed by atoms with E-state index in [4.69, 9.17) is 4.74 Å². The Labute approximate surface area is 151 Å². The number of esters is 1. The SMILES string of the molecule is COC(=O)c1ccccc1NC(=O)c1cc(C)n(-c2ccc(C)cc2)n1. The molecule has 0 aliphatic heterocycles. The highest BCUT2D eigenvalue weighted by Gasteiger charge is 2.17. The van der Waals surface area contributed by atoms with E-state index in [1.165, 1.54) is 7.11 Å². The van der Waals surface area contributed by atoms with E-state index in [2.05, 4.69) is 10.4 Å². The van der Waals surface area contributed by atoms with Gasteiger partial charge in [0.2, 0.25) is 0 Å². The molecule has 0 atom stereocenters. The lowest BCUT2D eigenvalue weighted by atomic mass is 10.1. The third-order valence-electron chi connectivity index (χ3n) is 3.98. The number of nitrogens with one attached hydrogen (secondary N) is 1. The fraction of sp³-hybridized carbons (Fsp3) is 0.150. The highest BCUT2D eigenvalue weighted by Crippen LogP contribution is 2.18. The molecule has 1 aromatic heterocycles. The van der Waals surface area contributed by atoms with Crippen molar-refractivity contribution in [1.29, 1.82) is 0 Å². The first-order valence-electron chi connectivity index (χ1n) is 8.12. The quantitative estimate of drug-likeness (QED) is 0.731. The molecular formula is C20H19N3O3. The second-order valence-electron chi connectivity index (χ2n) is 5.91. The van der Waals surface area contributed by atoms with Gasteiger partial charge in [0.1, 0.15) is 0 Å². The van der Waals surface area contributed by atoms with Crippen molar-refractivity contribution in [2.45, 2.75) is 13.8 Å². The molecule has 6 heteroatoms. The summed E-state index contributed by atoms with van der Waals surface area (Å²) < 4.78 is 6.45. The van der Waals surface area contributed by atoms with Gasteiger partial charge in [-0.1, -0.05) is 29.8 Å². The first-order chi connectivity index (χ1) is 12.5. The molecule has 0 aliphatic carbocycles. The zero-order valence-corrected chi connectivity index (χ0v) is 14.8. The number of hydrogen-bond donors (Lipinski definition) is 1. The van der Waals surface area contributed by atoms with Crippen molar-refractivity contribution >= 4 is 17.6 Å². The number of benzene rings is 2. The van der Waals surface area contributed by atoms with Gasteiger partial charge in [0, 0.05) is 5.69 Å². The average molecular weight is 349 g/mol. The normalized spacial score (nSPS) is 10.4. The third kappa shape index (κ3) is 3.49. The number of para-hydroxylation sites is 1. The van der Waals surface area contributed by atoms with Crippen molar-refractivity contribution in [2.24, 2.45) is 0 Å². The summed E-state index contributed by atoms with van der Waals surface area (Å²) in [6, 6.07) is 16.3. The number of methoxy groups -OCH3 is 1. The number of carbonyl (C=O) groups is 2. The molecule has 1 amide bonds. The molecule has 0 fully saturated rings. The van der Waals surface area contributed by atoms with Gasteiger partial charge in [-0.2, -0.15) is 5.10 Å². The Bertz CT molecular complexity index is 959. The van der Waals surface area contributed by atoms with Crippen LogP contribution in [0.4, 0.5) is 5.69 Å². The summed E-state index contributed by atoms with van der Waals surface area (Å²) in [6.07, 6.45) is 0. The van der Waals surface area contributed by atoms with Crippen LogP contribution in [0.5, 0.6) is 0 Å². The van der Waals surface area contributed by atoms with Gasteiger partial charge in [0.05, 0.1) is 24.0 Å². The predicted octanol–water partition coefficient (Wildman–Crippen LogP) is 3.53. The molecule has 0 saturated carbocycles. The van der Waals surface area contributed by atoms with Crippen molar-refractivity contribution < 1.29 is 14.3 Å². The minimum atomic E-state index is -0.512. The second kappa shape index (κ2) is 7.23. The maximum absolute atomic E-state index is 12.6. The monoisotopic (exact) mass is 349 g/mol. The number of aromatic nitrogens is 2. The Morgan fingerprint density at radius 2 is 1.73 bits per heavy atom. The van der Waals surface area contributed by atoms with Crippen molar-refractivity contribution in [2.75, 3.05) is 12.4 Å². The largest absolute Gasteiger partial charge is 0.465 e. The minimum absolute atomic E-state index is 0.266. The van der Waals surface area contributed by atoms with Crippen LogP contribution in [0.3, 0.4) is 0 Å². The van der Waals surface area contributed by atoms with Crippen LogP contribution in [-0.4, -0.2) is 28.8 Å². The number of hydrogen-bond acceptors (Lipinski definition) is 4. The second-order valence-corrected chi connectivity index (χ2v) is 5.91. The van der Waals surface area contributed by atoms with Gasteiger partial charge < -0.3 is 10.1 Å². The first-order valence-corrected chi connectivity index (χ1v) is 8.12. The van der Waals surface area contributed by atoms with E-state index < -0.39 is 11.9 Å². The molecule has 1 N–H and O–H groups in total. The zero-order valence-electron chi connectivity index (χ0n) is 14.8. The number of nitrogens with zero attached hydrogens (tertiary/aromatic N) is 2. The van der Waals surface area contributed by atoms with Crippen LogP contribution in [0.25, 0.3) is 5.69 Å². The molecule has 2 aromatic carbocycles. The Hall–Kier alpha value is -3.41. The summed E-state index contributed by atoms with van der Waals surface area (Å²) in [5.41, 5.74) is 3.80. The van der Waals surface area contributed by atoms with Crippen LogP contribution in [-0.2, 0) is 4.74 Å². The molecule has 0 aliphatic rings. The number of anilines is 1. The highest BCUT2D eigenvalue weighted by molar-refractivity contribution is 6.07. The van der Waals surface area contributed by atoms with Crippen molar-refractivity contribution in [3.05, 3.63) is 77.1 Å². The number of carbonyl (C=O) groups excluding carboxylic acids is 2. The van der Waals surface area contributed by atoms with E-state index in [1.807, 2.05) is 38.1 Å². The molecule has 3 rings (SSSR count). The van der Waals surface area contributed by atoms with E-state index in [9.17, 15) is 9.59 Å². The van der Waals surface area contributed by atoms with Gasteiger partial charge in [0.15, 0.2) is 5.69 Å². The molecule has 0 unspecified atom stereocenters. The van der Waals surface area contributed by atoms with Crippen LogP contribution in [0.1, 0.15) is 32.1 Å². The number of rotatable bonds is 4. The molecule has 132 valence electrons.